The van der Waals surface area contributed by atoms with Crippen LogP contribution in [0.3, 0.4) is 0 Å². The molecule has 4 nitrogen and oxygen atoms in total. The summed E-state index contributed by atoms with van der Waals surface area (Å²) in [5.74, 6) is 1.74. The first-order valence-electron chi connectivity index (χ1n) is 5.64. The Morgan fingerprint density at radius 3 is 3.07 bits per heavy atom. The van der Waals surface area contributed by atoms with Crippen molar-refractivity contribution in [2.24, 2.45) is 0 Å². The second kappa shape index (κ2) is 4.77. The molecule has 1 N–H and O–H groups in total. The fourth-order valence-corrected chi connectivity index (χ4v) is 1.98. The molecule has 15 heavy (non-hydrogen) atoms. The summed E-state index contributed by atoms with van der Waals surface area (Å²) in [6, 6.07) is 0.290. The summed E-state index contributed by atoms with van der Waals surface area (Å²) in [6.45, 7) is 8.47. The van der Waals surface area contributed by atoms with E-state index in [0.717, 1.165) is 37.8 Å². The average molecular weight is 209 g/mol. The highest BCUT2D eigenvalue weighted by atomic mass is 16.4. The van der Waals surface area contributed by atoms with E-state index in [2.05, 4.69) is 22.1 Å². The van der Waals surface area contributed by atoms with Gasteiger partial charge in [-0.25, -0.2) is 4.98 Å². The number of aromatic nitrogens is 1. The first-order valence-corrected chi connectivity index (χ1v) is 5.64. The third-order valence-electron chi connectivity index (χ3n) is 2.92. The molecule has 1 saturated heterocycles. The molecule has 0 bridgehead atoms. The van der Waals surface area contributed by atoms with Crippen LogP contribution in [0.1, 0.15) is 31.0 Å². The van der Waals surface area contributed by atoms with Gasteiger partial charge in [0.1, 0.15) is 5.76 Å². The van der Waals surface area contributed by atoms with Crippen molar-refractivity contribution in [3.63, 3.8) is 0 Å². The maximum atomic E-state index is 5.57. The zero-order valence-corrected chi connectivity index (χ0v) is 9.49. The Morgan fingerprint density at radius 2 is 2.33 bits per heavy atom. The summed E-state index contributed by atoms with van der Waals surface area (Å²) in [6.07, 6.45) is 2.99. The van der Waals surface area contributed by atoms with Gasteiger partial charge in [0, 0.05) is 19.6 Å². The van der Waals surface area contributed by atoms with Gasteiger partial charge in [0.15, 0.2) is 0 Å². The van der Waals surface area contributed by atoms with Crippen molar-refractivity contribution in [2.75, 3.05) is 26.2 Å². The van der Waals surface area contributed by atoms with Crippen molar-refractivity contribution in [3.8, 4) is 0 Å². The maximum Gasteiger partial charge on any atom is 0.211 e. The van der Waals surface area contributed by atoms with E-state index in [-0.39, 0.29) is 0 Å². The molecule has 1 fully saturated rings. The highest BCUT2D eigenvalue weighted by Gasteiger charge is 2.20. The fraction of sp³-hybridized carbons (Fsp3) is 0.727. The second-order valence-corrected chi connectivity index (χ2v) is 4.12. The molecule has 0 radical (unpaired) electrons. The van der Waals surface area contributed by atoms with E-state index >= 15 is 0 Å². The molecule has 1 aromatic rings. The standard InChI is InChI=1S/C11H19N3O/c1-9-8-13-11(15-9)10(2)14-6-3-4-12-5-7-14/h8,10,12H,3-7H2,1-2H3. The topological polar surface area (TPSA) is 41.3 Å². The number of hydrogen-bond donors (Lipinski definition) is 1. The van der Waals surface area contributed by atoms with Gasteiger partial charge in [-0.05, 0) is 26.8 Å². The van der Waals surface area contributed by atoms with Crippen LogP contribution in [0, 0.1) is 6.92 Å². The summed E-state index contributed by atoms with van der Waals surface area (Å²) in [5.41, 5.74) is 0. The van der Waals surface area contributed by atoms with Crippen molar-refractivity contribution < 1.29 is 4.42 Å². The van der Waals surface area contributed by atoms with Crippen LogP contribution in [0.15, 0.2) is 10.6 Å². The van der Waals surface area contributed by atoms with Crippen LogP contribution in [0.25, 0.3) is 0 Å². The van der Waals surface area contributed by atoms with E-state index in [9.17, 15) is 0 Å². The SMILES string of the molecule is Cc1cnc(C(C)N2CCCNCC2)o1. The quantitative estimate of drug-likeness (QED) is 0.798. The molecule has 84 valence electrons. The van der Waals surface area contributed by atoms with Crippen molar-refractivity contribution >= 4 is 0 Å². The first kappa shape index (κ1) is 10.6. The van der Waals surface area contributed by atoms with Gasteiger partial charge in [0.2, 0.25) is 5.89 Å². The Hall–Kier alpha value is -0.870. The van der Waals surface area contributed by atoms with Crippen LogP contribution in [0.5, 0.6) is 0 Å². The zero-order valence-electron chi connectivity index (χ0n) is 9.49. The number of nitrogens with one attached hydrogen (secondary N) is 1. The van der Waals surface area contributed by atoms with Gasteiger partial charge in [-0.15, -0.1) is 0 Å². The van der Waals surface area contributed by atoms with E-state index in [1.54, 1.807) is 6.20 Å². The molecule has 1 aliphatic heterocycles. The average Bonchev–Trinajstić information content (AvgIpc) is 2.53. The van der Waals surface area contributed by atoms with E-state index in [1.807, 2.05) is 6.92 Å². The Bertz CT molecular complexity index is 303. The van der Waals surface area contributed by atoms with E-state index in [1.165, 1.54) is 6.42 Å². The van der Waals surface area contributed by atoms with Crippen molar-refractivity contribution in [1.29, 1.82) is 0 Å². The monoisotopic (exact) mass is 209 g/mol. The third kappa shape index (κ3) is 2.58. The van der Waals surface area contributed by atoms with Gasteiger partial charge in [0.25, 0.3) is 0 Å². The Morgan fingerprint density at radius 1 is 1.47 bits per heavy atom. The molecule has 1 aromatic heterocycles. The Balaban J connectivity index is 2.02. The third-order valence-corrected chi connectivity index (χ3v) is 2.92. The summed E-state index contributed by atoms with van der Waals surface area (Å²) >= 11 is 0. The number of hydrogen-bond acceptors (Lipinski definition) is 4. The molecular formula is C11H19N3O. The number of nitrogens with zero attached hydrogens (tertiary/aromatic N) is 2. The lowest BCUT2D eigenvalue weighted by Gasteiger charge is -2.24. The molecule has 1 atom stereocenters. The minimum absolute atomic E-state index is 0.290. The van der Waals surface area contributed by atoms with Gasteiger partial charge < -0.3 is 9.73 Å². The second-order valence-electron chi connectivity index (χ2n) is 4.12. The smallest absolute Gasteiger partial charge is 0.211 e. The number of aryl methyl sites for hydroxylation is 1. The Kier molecular flexibility index (Phi) is 3.38. The molecular weight excluding hydrogens is 190 g/mol. The fourth-order valence-electron chi connectivity index (χ4n) is 1.98. The molecule has 1 aliphatic rings. The normalized spacial score (nSPS) is 21.2. The summed E-state index contributed by atoms with van der Waals surface area (Å²) in [5, 5.41) is 3.40. The van der Waals surface area contributed by atoms with Crippen molar-refractivity contribution in [2.45, 2.75) is 26.3 Å². The van der Waals surface area contributed by atoms with Crippen molar-refractivity contribution in [3.05, 3.63) is 17.8 Å². The molecule has 0 spiro atoms. The van der Waals surface area contributed by atoms with Gasteiger partial charge in [-0.1, -0.05) is 0 Å². The van der Waals surface area contributed by atoms with Crippen LogP contribution < -0.4 is 5.32 Å². The molecule has 0 amide bonds. The summed E-state index contributed by atoms with van der Waals surface area (Å²) in [7, 11) is 0. The van der Waals surface area contributed by atoms with Gasteiger partial charge >= 0.3 is 0 Å². The molecule has 4 heteroatoms. The maximum absolute atomic E-state index is 5.57. The molecule has 2 rings (SSSR count). The predicted octanol–water partition coefficient (Wildman–Crippen LogP) is 1.34. The van der Waals surface area contributed by atoms with Crippen molar-refractivity contribution in [1.82, 2.24) is 15.2 Å². The zero-order chi connectivity index (χ0) is 10.7. The molecule has 0 aromatic carbocycles. The minimum atomic E-state index is 0.290. The number of rotatable bonds is 2. The first-order chi connectivity index (χ1) is 7.27. The lowest BCUT2D eigenvalue weighted by Crippen LogP contribution is -2.30. The van der Waals surface area contributed by atoms with E-state index in [0.29, 0.717) is 6.04 Å². The molecule has 0 saturated carbocycles. The minimum Gasteiger partial charge on any atom is -0.444 e. The largest absolute Gasteiger partial charge is 0.444 e. The van der Waals surface area contributed by atoms with Crippen LogP contribution in [-0.4, -0.2) is 36.1 Å². The predicted molar refractivity (Wildman–Crippen MR) is 58.7 cm³/mol. The molecule has 2 heterocycles. The van der Waals surface area contributed by atoms with E-state index < -0.39 is 0 Å². The summed E-state index contributed by atoms with van der Waals surface area (Å²) < 4.78 is 5.57. The van der Waals surface area contributed by atoms with Gasteiger partial charge in [-0.3, -0.25) is 4.90 Å². The molecule has 0 aliphatic carbocycles. The highest BCUT2D eigenvalue weighted by molar-refractivity contribution is 4.96. The number of oxazole rings is 1. The summed E-state index contributed by atoms with van der Waals surface area (Å²) in [4.78, 5) is 6.71. The lowest BCUT2D eigenvalue weighted by molar-refractivity contribution is 0.193. The van der Waals surface area contributed by atoms with E-state index in [4.69, 9.17) is 4.42 Å². The van der Waals surface area contributed by atoms with Crippen LogP contribution in [0.4, 0.5) is 0 Å². The van der Waals surface area contributed by atoms with Gasteiger partial charge in [0.05, 0.1) is 12.2 Å². The van der Waals surface area contributed by atoms with Crippen LogP contribution in [0.2, 0.25) is 0 Å². The highest BCUT2D eigenvalue weighted by Crippen LogP contribution is 2.20. The lowest BCUT2D eigenvalue weighted by atomic mass is 10.2. The molecule has 1 unspecified atom stereocenters. The Labute approximate surface area is 90.7 Å². The van der Waals surface area contributed by atoms with Gasteiger partial charge in [-0.2, -0.15) is 0 Å². The van der Waals surface area contributed by atoms with Crippen LogP contribution in [-0.2, 0) is 0 Å². The van der Waals surface area contributed by atoms with Crippen LogP contribution >= 0.6 is 0 Å².